The molecule has 6 heteroatoms. The number of hydrogen-bond acceptors (Lipinski definition) is 4. The second-order valence-corrected chi connectivity index (χ2v) is 4.98. The van der Waals surface area contributed by atoms with Crippen molar-refractivity contribution in [3.05, 3.63) is 48.8 Å². The van der Waals surface area contributed by atoms with Crippen molar-refractivity contribution in [1.82, 2.24) is 3.97 Å². The number of methoxy groups -OCH3 is 1. The second kappa shape index (κ2) is 6.81. The number of hydrogen-bond donors (Lipinski definition) is 1. The molecule has 1 aromatic heterocycles. The summed E-state index contributed by atoms with van der Waals surface area (Å²) in [6.45, 7) is 0. The van der Waals surface area contributed by atoms with Crippen molar-refractivity contribution >= 4 is 29.5 Å². The van der Waals surface area contributed by atoms with Gasteiger partial charge in [0.2, 0.25) is 5.91 Å². The van der Waals surface area contributed by atoms with E-state index in [1.54, 1.807) is 6.07 Å². The van der Waals surface area contributed by atoms with E-state index in [2.05, 4.69) is 10.1 Å². The number of aromatic nitrogens is 1. The zero-order valence-electron chi connectivity index (χ0n) is 10.9. The summed E-state index contributed by atoms with van der Waals surface area (Å²) >= 11 is 1.47. The average molecular weight is 290 g/mol. The lowest BCUT2D eigenvalue weighted by Crippen LogP contribution is -2.17. The fraction of sp³-hybridized carbons (Fsp3) is 0.143. The number of benzene rings is 1. The first-order valence-electron chi connectivity index (χ1n) is 5.96. The summed E-state index contributed by atoms with van der Waals surface area (Å²) in [6.07, 6.45) is 3.54. The summed E-state index contributed by atoms with van der Waals surface area (Å²) in [5, 5.41) is 2.71. The molecular formula is C14H14N2O3S. The van der Waals surface area contributed by atoms with Crippen molar-refractivity contribution in [2.45, 2.75) is 11.3 Å². The zero-order valence-corrected chi connectivity index (χ0v) is 11.7. The SMILES string of the molecule is COC(=O)CC(=O)Nc1ccccc1Sn1cccc1. The molecule has 1 heterocycles. The Morgan fingerprint density at radius 3 is 2.60 bits per heavy atom. The number of carbonyl (C=O) groups is 2. The fourth-order valence-corrected chi connectivity index (χ4v) is 2.39. The topological polar surface area (TPSA) is 60.3 Å². The molecule has 0 fully saturated rings. The van der Waals surface area contributed by atoms with E-state index in [-0.39, 0.29) is 6.42 Å². The van der Waals surface area contributed by atoms with Crippen molar-refractivity contribution in [3.63, 3.8) is 0 Å². The maximum absolute atomic E-state index is 11.7. The van der Waals surface area contributed by atoms with Gasteiger partial charge in [-0.2, -0.15) is 0 Å². The molecule has 2 rings (SSSR count). The molecule has 1 aromatic carbocycles. The van der Waals surface area contributed by atoms with Gasteiger partial charge >= 0.3 is 5.97 Å². The Hall–Kier alpha value is -2.21. The summed E-state index contributed by atoms with van der Waals surface area (Å²) in [4.78, 5) is 23.7. The monoisotopic (exact) mass is 290 g/mol. The highest BCUT2D eigenvalue weighted by Crippen LogP contribution is 2.28. The number of ether oxygens (including phenoxy) is 1. The Kier molecular flexibility index (Phi) is 4.84. The van der Waals surface area contributed by atoms with Gasteiger partial charge in [-0.25, -0.2) is 0 Å². The predicted octanol–water partition coefficient (Wildman–Crippen LogP) is 2.55. The number of esters is 1. The molecule has 1 N–H and O–H groups in total. The lowest BCUT2D eigenvalue weighted by molar-refractivity contribution is -0.142. The minimum Gasteiger partial charge on any atom is -0.469 e. The molecule has 20 heavy (non-hydrogen) atoms. The van der Waals surface area contributed by atoms with Gasteiger partial charge in [0, 0.05) is 12.4 Å². The van der Waals surface area contributed by atoms with E-state index in [0.29, 0.717) is 5.69 Å². The number of para-hydroxylation sites is 1. The average Bonchev–Trinajstić information content (AvgIpc) is 2.93. The largest absolute Gasteiger partial charge is 0.469 e. The van der Waals surface area contributed by atoms with Crippen LogP contribution in [-0.4, -0.2) is 23.0 Å². The van der Waals surface area contributed by atoms with Crippen LogP contribution in [0.5, 0.6) is 0 Å². The third-order valence-electron chi connectivity index (χ3n) is 2.47. The number of carbonyl (C=O) groups excluding carboxylic acids is 2. The molecule has 1 amide bonds. The molecule has 5 nitrogen and oxygen atoms in total. The second-order valence-electron chi connectivity index (χ2n) is 3.93. The summed E-state index contributed by atoms with van der Waals surface area (Å²) < 4.78 is 6.39. The first kappa shape index (κ1) is 14.2. The third-order valence-corrected chi connectivity index (χ3v) is 3.48. The standard InChI is InChI=1S/C14H14N2O3S/c1-19-14(18)10-13(17)15-11-6-2-3-7-12(11)20-16-8-4-5-9-16/h2-9H,10H2,1H3,(H,15,17). The van der Waals surface area contributed by atoms with Crippen LogP contribution in [0.15, 0.2) is 53.7 Å². The Balaban J connectivity index is 2.08. The van der Waals surface area contributed by atoms with Crippen LogP contribution in [0.25, 0.3) is 0 Å². The van der Waals surface area contributed by atoms with E-state index in [4.69, 9.17) is 0 Å². The Bertz CT molecular complexity index is 596. The molecule has 0 aliphatic rings. The lowest BCUT2D eigenvalue weighted by atomic mass is 10.3. The number of anilines is 1. The molecule has 0 radical (unpaired) electrons. The fourth-order valence-electron chi connectivity index (χ4n) is 1.54. The number of amides is 1. The molecule has 0 spiro atoms. The minimum atomic E-state index is -0.557. The molecule has 2 aromatic rings. The molecule has 0 bridgehead atoms. The van der Waals surface area contributed by atoms with Crippen LogP contribution >= 0.6 is 11.9 Å². The Morgan fingerprint density at radius 2 is 1.90 bits per heavy atom. The van der Waals surface area contributed by atoms with E-state index >= 15 is 0 Å². The summed E-state index contributed by atoms with van der Waals surface area (Å²) in [7, 11) is 1.26. The van der Waals surface area contributed by atoms with Crippen LogP contribution < -0.4 is 5.32 Å². The maximum Gasteiger partial charge on any atom is 0.315 e. The normalized spacial score (nSPS) is 10.1. The summed E-state index contributed by atoms with van der Waals surface area (Å²) in [5.41, 5.74) is 0.667. The van der Waals surface area contributed by atoms with Gasteiger partial charge in [0.1, 0.15) is 6.42 Å². The van der Waals surface area contributed by atoms with Crippen molar-refractivity contribution in [1.29, 1.82) is 0 Å². The van der Waals surface area contributed by atoms with Crippen LogP contribution in [0.3, 0.4) is 0 Å². The molecule has 0 aliphatic carbocycles. The lowest BCUT2D eigenvalue weighted by Gasteiger charge is -2.10. The molecule has 0 unspecified atom stereocenters. The first-order valence-corrected chi connectivity index (χ1v) is 6.73. The van der Waals surface area contributed by atoms with Gasteiger partial charge in [0.15, 0.2) is 0 Å². The van der Waals surface area contributed by atoms with E-state index in [1.165, 1.54) is 19.1 Å². The summed E-state index contributed by atoms with van der Waals surface area (Å²) in [6, 6.07) is 11.3. The first-order chi connectivity index (χ1) is 9.69. The molecule has 0 saturated carbocycles. The van der Waals surface area contributed by atoms with Gasteiger partial charge < -0.3 is 10.1 Å². The Morgan fingerprint density at radius 1 is 1.20 bits per heavy atom. The molecular weight excluding hydrogens is 276 g/mol. The van der Waals surface area contributed by atoms with Crippen molar-refractivity contribution in [2.75, 3.05) is 12.4 Å². The smallest absolute Gasteiger partial charge is 0.315 e. The molecule has 0 saturated heterocycles. The number of rotatable bonds is 5. The third kappa shape index (κ3) is 3.89. The van der Waals surface area contributed by atoms with Crippen molar-refractivity contribution < 1.29 is 14.3 Å². The van der Waals surface area contributed by atoms with Crippen molar-refractivity contribution in [3.8, 4) is 0 Å². The molecule has 0 atom stereocenters. The quantitative estimate of drug-likeness (QED) is 0.679. The van der Waals surface area contributed by atoms with E-state index < -0.39 is 11.9 Å². The van der Waals surface area contributed by atoms with Crippen LogP contribution in [0.4, 0.5) is 5.69 Å². The van der Waals surface area contributed by atoms with E-state index in [1.807, 2.05) is 46.7 Å². The van der Waals surface area contributed by atoms with Gasteiger partial charge in [-0.15, -0.1) is 0 Å². The van der Waals surface area contributed by atoms with E-state index in [9.17, 15) is 9.59 Å². The highest BCUT2D eigenvalue weighted by molar-refractivity contribution is 7.98. The number of nitrogens with one attached hydrogen (secondary N) is 1. The van der Waals surface area contributed by atoms with E-state index in [0.717, 1.165) is 4.90 Å². The maximum atomic E-state index is 11.7. The van der Waals surface area contributed by atoms with Crippen LogP contribution in [-0.2, 0) is 14.3 Å². The Labute approximate surface area is 121 Å². The minimum absolute atomic E-state index is 0.293. The van der Waals surface area contributed by atoms with Crippen LogP contribution in [0.2, 0.25) is 0 Å². The predicted molar refractivity (Wildman–Crippen MR) is 77.4 cm³/mol. The van der Waals surface area contributed by atoms with Crippen molar-refractivity contribution in [2.24, 2.45) is 0 Å². The zero-order chi connectivity index (χ0) is 14.4. The highest BCUT2D eigenvalue weighted by Gasteiger charge is 2.12. The van der Waals surface area contributed by atoms with Gasteiger partial charge in [0.05, 0.1) is 17.7 Å². The highest BCUT2D eigenvalue weighted by atomic mass is 32.2. The van der Waals surface area contributed by atoms with Gasteiger partial charge in [-0.1, -0.05) is 12.1 Å². The molecule has 104 valence electrons. The van der Waals surface area contributed by atoms with Gasteiger partial charge in [0.25, 0.3) is 0 Å². The van der Waals surface area contributed by atoms with Gasteiger partial charge in [-0.05, 0) is 36.2 Å². The number of nitrogens with zero attached hydrogens (tertiary/aromatic N) is 1. The van der Waals surface area contributed by atoms with Gasteiger partial charge in [-0.3, -0.25) is 13.6 Å². The van der Waals surface area contributed by atoms with Crippen LogP contribution in [0.1, 0.15) is 6.42 Å². The molecule has 0 aliphatic heterocycles. The van der Waals surface area contributed by atoms with Crippen LogP contribution in [0, 0.1) is 0 Å². The summed E-state index contributed by atoms with van der Waals surface area (Å²) in [5.74, 6) is -0.949.